The molecule has 28 heavy (non-hydrogen) atoms. The molecule has 0 N–H and O–H groups in total. The molecule has 0 nitrogen and oxygen atoms in total. The van der Waals surface area contributed by atoms with Gasteiger partial charge in [0.25, 0.3) is 0 Å². The maximum atomic E-state index is 4.32. The first-order valence-electron chi connectivity index (χ1n) is 13.1. The Balaban J connectivity index is 1.19. The van der Waals surface area contributed by atoms with Crippen LogP contribution in [0.15, 0.2) is 11.1 Å². The third kappa shape index (κ3) is 5.33. The number of rotatable bonds is 9. The van der Waals surface area contributed by atoms with E-state index < -0.39 is 0 Å². The first kappa shape index (κ1) is 21.6. The first-order valence-corrected chi connectivity index (χ1v) is 13.9. The van der Waals surface area contributed by atoms with E-state index in [1.54, 1.807) is 51.4 Å². The predicted octanol–water partition coefficient (Wildman–Crippen LogP) is 9.28. The van der Waals surface area contributed by atoms with Gasteiger partial charge in [0.15, 0.2) is 0 Å². The number of allylic oxidation sites excluding steroid dienone is 1. The lowest BCUT2D eigenvalue weighted by molar-refractivity contribution is 0.434. The zero-order valence-electron chi connectivity index (χ0n) is 18.4. The molecule has 4 heterocycles. The van der Waals surface area contributed by atoms with E-state index in [0.717, 1.165) is 42.6 Å². The molecule has 4 aliphatic rings. The molecular formula is C25H43B2Br. The molecule has 4 bridgehead atoms. The van der Waals surface area contributed by atoms with Crippen molar-refractivity contribution in [2.24, 2.45) is 5.92 Å². The fraction of sp³-hybridized carbons (Fsp3) is 0.920. The first-order chi connectivity index (χ1) is 13.7. The molecule has 3 heteroatoms. The van der Waals surface area contributed by atoms with Crippen molar-refractivity contribution < 1.29 is 0 Å². The van der Waals surface area contributed by atoms with E-state index >= 15 is 0 Å². The number of hydrogen-bond acceptors (Lipinski definition) is 0. The minimum atomic E-state index is 0.729. The van der Waals surface area contributed by atoms with Crippen LogP contribution in [-0.2, 0) is 0 Å². The quantitative estimate of drug-likeness (QED) is 0.310. The van der Waals surface area contributed by atoms with Crippen molar-refractivity contribution in [3.05, 3.63) is 11.1 Å². The summed E-state index contributed by atoms with van der Waals surface area (Å²) >= 11 is 3.80. The van der Waals surface area contributed by atoms with Gasteiger partial charge >= 0.3 is 0 Å². The highest BCUT2D eigenvalue weighted by atomic mass is 79.9. The van der Waals surface area contributed by atoms with Crippen LogP contribution in [0.5, 0.6) is 0 Å². The van der Waals surface area contributed by atoms with E-state index in [1.807, 2.05) is 0 Å². The molecule has 0 atom stereocenters. The van der Waals surface area contributed by atoms with Gasteiger partial charge in [0.05, 0.1) is 0 Å². The molecule has 0 amide bonds. The summed E-state index contributed by atoms with van der Waals surface area (Å²) in [7, 11) is 0. The summed E-state index contributed by atoms with van der Waals surface area (Å²) in [6, 6.07) is 0. The molecule has 0 radical (unpaired) electrons. The molecule has 0 aliphatic carbocycles. The minimum absolute atomic E-state index is 0.729. The Labute approximate surface area is 184 Å². The van der Waals surface area contributed by atoms with Crippen molar-refractivity contribution in [2.75, 3.05) is 0 Å². The molecule has 0 spiro atoms. The van der Waals surface area contributed by atoms with Crippen LogP contribution >= 0.6 is 15.9 Å². The maximum Gasteiger partial charge on any atom is 0.146 e. The monoisotopic (exact) mass is 444 g/mol. The van der Waals surface area contributed by atoms with E-state index in [1.165, 1.54) is 68.5 Å². The lowest BCUT2D eigenvalue weighted by Crippen LogP contribution is -2.34. The van der Waals surface area contributed by atoms with Crippen molar-refractivity contribution in [2.45, 2.75) is 139 Å². The zero-order chi connectivity index (χ0) is 19.3. The van der Waals surface area contributed by atoms with E-state index in [4.69, 9.17) is 0 Å². The van der Waals surface area contributed by atoms with Crippen LogP contribution in [0.25, 0.3) is 0 Å². The average molecular weight is 445 g/mol. The molecule has 4 aliphatic heterocycles. The zero-order valence-corrected chi connectivity index (χ0v) is 19.9. The number of hydrogen-bond donors (Lipinski definition) is 0. The Morgan fingerprint density at radius 2 is 1.00 bits per heavy atom. The molecule has 156 valence electrons. The van der Waals surface area contributed by atoms with Gasteiger partial charge < -0.3 is 0 Å². The largest absolute Gasteiger partial charge is 0.146 e. The van der Waals surface area contributed by atoms with Crippen molar-refractivity contribution in [1.82, 2.24) is 0 Å². The lowest BCUT2D eigenvalue weighted by Gasteiger charge is -2.41. The minimum Gasteiger partial charge on any atom is -0.0886 e. The smallest absolute Gasteiger partial charge is 0.0886 e. The van der Waals surface area contributed by atoms with Crippen LogP contribution in [-0.4, -0.2) is 13.4 Å². The van der Waals surface area contributed by atoms with Crippen molar-refractivity contribution in [1.29, 1.82) is 0 Å². The molecule has 4 rings (SSSR count). The van der Waals surface area contributed by atoms with Crippen LogP contribution < -0.4 is 0 Å². The highest BCUT2D eigenvalue weighted by Crippen LogP contribution is 2.49. The Morgan fingerprint density at radius 1 is 0.679 bits per heavy atom. The summed E-state index contributed by atoms with van der Waals surface area (Å²) in [6.45, 7) is 6.47. The molecule has 0 aromatic rings. The fourth-order valence-electron chi connectivity index (χ4n) is 8.23. The van der Waals surface area contributed by atoms with Crippen molar-refractivity contribution >= 4 is 29.4 Å². The van der Waals surface area contributed by atoms with E-state index in [-0.39, 0.29) is 0 Å². The SMILES string of the molecule is C=C(Br)C(CCCB1C2CCCC1CCC2)CCCB1C2CCCC1CCC2. The lowest BCUT2D eigenvalue weighted by atomic mass is 9.25. The summed E-state index contributed by atoms with van der Waals surface area (Å²) in [5.74, 6) is 5.08. The highest BCUT2D eigenvalue weighted by molar-refractivity contribution is 9.11. The van der Waals surface area contributed by atoms with Gasteiger partial charge in [0, 0.05) is 0 Å². The number of fused-ring (bicyclic) bond motifs is 4. The topological polar surface area (TPSA) is 0 Å². The second-order valence-corrected chi connectivity index (χ2v) is 12.1. The summed E-state index contributed by atoms with van der Waals surface area (Å²) < 4.78 is 1.29. The van der Waals surface area contributed by atoms with Gasteiger partial charge in [-0.25, -0.2) is 0 Å². The summed E-state index contributed by atoms with van der Waals surface area (Å²) in [6.07, 6.45) is 27.1. The third-order valence-corrected chi connectivity index (χ3v) is 10.3. The highest BCUT2D eigenvalue weighted by Gasteiger charge is 2.39. The normalized spacial score (nSPS) is 33.6. The summed E-state index contributed by atoms with van der Waals surface area (Å²) in [5.41, 5.74) is 0. The van der Waals surface area contributed by atoms with Crippen LogP contribution in [0.1, 0.15) is 103 Å². The molecule has 4 fully saturated rings. The average Bonchev–Trinajstić information content (AvgIpc) is 2.66. The van der Waals surface area contributed by atoms with Crippen molar-refractivity contribution in [3.63, 3.8) is 0 Å². The van der Waals surface area contributed by atoms with E-state index in [2.05, 4.69) is 22.5 Å². The van der Waals surface area contributed by atoms with Crippen molar-refractivity contribution in [3.8, 4) is 0 Å². The summed E-state index contributed by atoms with van der Waals surface area (Å²) in [4.78, 5) is 0. The predicted molar refractivity (Wildman–Crippen MR) is 132 cm³/mol. The molecule has 0 saturated carbocycles. The Kier molecular flexibility index (Phi) is 8.16. The molecule has 0 aromatic heterocycles. The van der Waals surface area contributed by atoms with Crippen LogP contribution in [0.4, 0.5) is 0 Å². The van der Waals surface area contributed by atoms with Gasteiger partial charge in [-0.2, -0.15) is 0 Å². The van der Waals surface area contributed by atoms with E-state index in [9.17, 15) is 0 Å². The van der Waals surface area contributed by atoms with E-state index in [0.29, 0.717) is 0 Å². The van der Waals surface area contributed by atoms with Gasteiger partial charge in [-0.15, -0.1) is 0 Å². The molecule has 0 unspecified atom stereocenters. The van der Waals surface area contributed by atoms with Gasteiger partial charge in [-0.1, -0.05) is 148 Å². The van der Waals surface area contributed by atoms with Gasteiger partial charge in [0.2, 0.25) is 0 Å². The fourth-order valence-corrected chi connectivity index (χ4v) is 8.69. The van der Waals surface area contributed by atoms with Crippen LogP contribution in [0.3, 0.4) is 0 Å². The third-order valence-electron chi connectivity index (χ3n) is 9.64. The Morgan fingerprint density at radius 3 is 1.29 bits per heavy atom. The second kappa shape index (κ2) is 10.6. The van der Waals surface area contributed by atoms with Crippen LogP contribution in [0.2, 0.25) is 35.9 Å². The summed E-state index contributed by atoms with van der Waals surface area (Å²) in [5, 5.41) is 0. The maximum absolute atomic E-state index is 4.32. The number of halogens is 1. The Bertz CT molecular complexity index is 425. The standard InChI is InChI=1S/C25H43B2Br/c1-20(28)21(8-6-18-26-22-10-2-11-23(26)13-3-12-22)9-7-19-27-24-14-4-15-25(27)17-5-16-24/h21-25H,1-19H2. The molecule has 0 aromatic carbocycles. The molecule has 4 saturated heterocycles. The molecular weight excluding hydrogens is 402 g/mol. The van der Waals surface area contributed by atoms with Gasteiger partial charge in [0.1, 0.15) is 13.4 Å². The van der Waals surface area contributed by atoms with Crippen LogP contribution in [0, 0.1) is 5.92 Å². The van der Waals surface area contributed by atoms with Gasteiger partial charge in [-0.3, -0.25) is 0 Å². The second-order valence-electron chi connectivity index (χ2n) is 11.1. The Hall–Kier alpha value is 0.350. The van der Waals surface area contributed by atoms with Gasteiger partial charge in [-0.05, 0) is 23.2 Å².